The van der Waals surface area contributed by atoms with Gasteiger partial charge < -0.3 is 15.1 Å². The molecule has 4 rings (SSSR count). The molecule has 1 fully saturated rings. The molecule has 0 bridgehead atoms. The van der Waals surface area contributed by atoms with Crippen LogP contribution < -0.4 is 5.32 Å². The zero-order chi connectivity index (χ0) is 21.8. The van der Waals surface area contributed by atoms with Crippen LogP contribution >= 0.6 is 22.6 Å². The number of piperidine rings is 1. The van der Waals surface area contributed by atoms with Gasteiger partial charge in [0.25, 0.3) is 11.8 Å². The number of halogens is 1. The van der Waals surface area contributed by atoms with Gasteiger partial charge in [-0.1, -0.05) is 24.6 Å². The molecule has 2 aromatic carbocycles. The second-order valence-corrected chi connectivity index (χ2v) is 9.90. The van der Waals surface area contributed by atoms with Crippen molar-refractivity contribution in [1.29, 1.82) is 0 Å². The minimum atomic E-state index is -0.0987. The second kappa shape index (κ2) is 10.1. The van der Waals surface area contributed by atoms with Crippen LogP contribution in [-0.2, 0) is 13.1 Å². The van der Waals surface area contributed by atoms with Gasteiger partial charge in [0.1, 0.15) is 0 Å². The Morgan fingerprint density at radius 1 is 1.16 bits per heavy atom. The summed E-state index contributed by atoms with van der Waals surface area (Å²) < 4.78 is 1.18. The molecule has 2 aliphatic heterocycles. The van der Waals surface area contributed by atoms with E-state index >= 15 is 0 Å². The summed E-state index contributed by atoms with van der Waals surface area (Å²) in [5.74, 6) is -0.0966. The van der Waals surface area contributed by atoms with Gasteiger partial charge in [-0.15, -0.1) is 0 Å². The van der Waals surface area contributed by atoms with E-state index in [0.29, 0.717) is 36.8 Å². The van der Waals surface area contributed by atoms with Crippen LogP contribution in [0.3, 0.4) is 0 Å². The predicted octanol–water partition coefficient (Wildman–Crippen LogP) is 4.44. The van der Waals surface area contributed by atoms with Gasteiger partial charge in [0.15, 0.2) is 0 Å². The molecule has 2 amide bonds. The lowest BCUT2D eigenvalue weighted by atomic mass is 10.0. The molecule has 6 heteroatoms. The standard InChI is InChI=1S/C25H30IN3O2/c1-18-5-2-3-13-28(18)14-4-12-27-24(30)20-8-9-21-17-29(25(31)23(21)15-20)16-19-6-10-22(26)11-7-19/h6-11,15,18H,2-5,12-14,16-17H2,1H3,(H,27,30). The summed E-state index contributed by atoms with van der Waals surface area (Å²) in [6.07, 6.45) is 4.83. The molecule has 2 aliphatic rings. The van der Waals surface area contributed by atoms with E-state index in [0.717, 1.165) is 24.1 Å². The minimum Gasteiger partial charge on any atom is -0.352 e. The molecule has 1 N–H and O–H groups in total. The molecule has 1 atom stereocenters. The maximum absolute atomic E-state index is 12.9. The Labute approximate surface area is 198 Å². The zero-order valence-electron chi connectivity index (χ0n) is 18.1. The third-order valence-corrected chi connectivity index (χ3v) is 7.10. The van der Waals surface area contributed by atoms with Crippen LogP contribution in [0.5, 0.6) is 0 Å². The summed E-state index contributed by atoms with van der Waals surface area (Å²) in [7, 11) is 0. The molecule has 5 nitrogen and oxygen atoms in total. The fraction of sp³-hybridized carbons (Fsp3) is 0.440. The van der Waals surface area contributed by atoms with Crippen molar-refractivity contribution in [3.8, 4) is 0 Å². The van der Waals surface area contributed by atoms with Crippen LogP contribution in [0.15, 0.2) is 42.5 Å². The normalized spacial score (nSPS) is 18.8. The number of hydrogen-bond acceptors (Lipinski definition) is 3. The van der Waals surface area contributed by atoms with Gasteiger partial charge in [-0.3, -0.25) is 9.59 Å². The van der Waals surface area contributed by atoms with E-state index in [-0.39, 0.29) is 11.8 Å². The predicted molar refractivity (Wildman–Crippen MR) is 131 cm³/mol. The molecule has 164 valence electrons. The number of carbonyl (C=O) groups excluding carboxylic acids is 2. The molecule has 0 saturated carbocycles. The number of amides is 2. The molecule has 0 spiro atoms. The lowest BCUT2D eigenvalue weighted by Crippen LogP contribution is -2.39. The highest BCUT2D eigenvalue weighted by atomic mass is 127. The van der Waals surface area contributed by atoms with E-state index in [1.165, 1.54) is 29.4 Å². The largest absolute Gasteiger partial charge is 0.352 e. The Bertz CT molecular complexity index is 944. The van der Waals surface area contributed by atoms with Crippen molar-refractivity contribution in [2.75, 3.05) is 19.6 Å². The molecule has 0 aliphatic carbocycles. The molecule has 2 heterocycles. The highest BCUT2D eigenvalue weighted by Crippen LogP contribution is 2.26. The Hall–Kier alpha value is -1.93. The van der Waals surface area contributed by atoms with Crippen LogP contribution in [0.25, 0.3) is 0 Å². The van der Waals surface area contributed by atoms with Crippen LogP contribution in [0.1, 0.15) is 64.4 Å². The van der Waals surface area contributed by atoms with Gasteiger partial charge in [0.2, 0.25) is 0 Å². The maximum Gasteiger partial charge on any atom is 0.254 e. The molecule has 0 radical (unpaired) electrons. The summed E-state index contributed by atoms with van der Waals surface area (Å²) in [5.41, 5.74) is 3.32. The van der Waals surface area contributed by atoms with Gasteiger partial charge >= 0.3 is 0 Å². The van der Waals surface area contributed by atoms with Crippen LogP contribution in [0.4, 0.5) is 0 Å². The van der Waals surface area contributed by atoms with E-state index in [1.54, 1.807) is 6.07 Å². The Kier molecular flexibility index (Phi) is 7.27. The summed E-state index contributed by atoms with van der Waals surface area (Å²) >= 11 is 2.28. The van der Waals surface area contributed by atoms with E-state index in [9.17, 15) is 9.59 Å². The quantitative estimate of drug-likeness (QED) is 0.425. The Morgan fingerprint density at radius 3 is 2.74 bits per heavy atom. The molecular weight excluding hydrogens is 501 g/mol. The monoisotopic (exact) mass is 531 g/mol. The highest BCUT2D eigenvalue weighted by Gasteiger charge is 2.28. The summed E-state index contributed by atoms with van der Waals surface area (Å²) in [6.45, 7) is 6.32. The minimum absolute atomic E-state index is 0.00212. The van der Waals surface area contributed by atoms with Gasteiger partial charge in [-0.25, -0.2) is 0 Å². The molecule has 1 unspecified atom stereocenters. The zero-order valence-corrected chi connectivity index (χ0v) is 20.2. The van der Waals surface area contributed by atoms with Crippen molar-refractivity contribution in [2.45, 2.75) is 51.7 Å². The van der Waals surface area contributed by atoms with Crippen molar-refractivity contribution in [1.82, 2.24) is 15.1 Å². The first-order valence-corrected chi connectivity index (χ1v) is 12.3. The number of nitrogens with zero attached hydrogens (tertiary/aromatic N) is 2. The van der Waals surface area contributed by atoms with Crippen molar-refractivity contribution in [2.24, 2.45) is 0 Å². The van der Waals surface area contributed by atoms with Gasteiger partial charge in [-0.2, -0.15) is 0 Å². The van der Waals surface area contributed by atoms with Crippen LogP contribution in [0, 0.1) is 3.57 Å². The number of carbonyl (C=O) groups is 2. The number of fused-ring (bicyclic) bond motifs is 1. The van der Waals surface area contributed by atoms with E-state index < -0.39 is 0 Å². The SMILES string of the molecule is CC1CCCCN1CCCNC(=O)c1ccc2c(c1)C(=O)N(Cc1ccc(I)cc1)C2. The lowest BCUT2D eigenvalue weighted by Gasteiger charge is -2.33. The Morgan fingerprint density at radius 2 is 1.97 bits per heavy atom. The van der Waals surface area contributed by atoms with Crippen molar-refractivity contribution >= 4 is 34.4 Å². The molecule has 2 aromatic rings. The topological polar surface area (TPSA) is 52.7 Å². The lowest BCUT2D eigenvalue weighted by molar-refractivity contribution is 0.0766. The fourth-order valence-electron chi connectivity index (χ4n) is 4.52. The maximum atomic E-state index is 12.9. The first-order valence-electron chi connectivity index (χ1n) is 11.2. The van der Waals surface area contributed by atoms with Gasteiger partial charge in [0, 0.05) is 46.9 Å². The van der Waals surface area contributed by atoms with Crippen molar-refractivity contribution < 1.29 is 9.59 Å². The number of nitrogens with one attached hydrogen (secondary N) is 1. The van der Waals surface area contributed by atoms with E-state index in [2.05, 4.69) is 64.0 Å². The van der Waals surface area contributed by atoms with Crippen molar-refractivity contribution in [3.63, 3.8) is 0 Å². The smallest absolute Gasteiger partial charge is 0.254 e. The van der Waals surface area contributed by atoms with Crippen LogP contribution in [-0.4, -0.2) is 47.3 Å². The molecule has 1 saturated heterocycles. The molecular formula is C25H30IN3O2. The summed E-state index contributed by atoms with van der Waals surface area (Å²) in [4.78, 5) is 29.9. The fourth-order valence-corrected chi connectivity index (χ4v) is 4.88. The van der Waals surface area contributed by atoms with Gasteiger partial charge in [-0.05, 0) is 90.7 Å². The van der Waals surface area contributed by atoms with Gasteiger partial charge in [0.05, 0.1) is 0 Å². The molecule has 31 heavy (non-hydrogen) atoms. The average Bonchev–Trinajstić information content (AvgIpc) is 3.08. The highest BCUT2D eigenvalue weighted by molar-refractivity contribution is 14.1. The summed E-state index contributed by atoms with van der Waals surface area (Å²) in [6, 6.07) is 14.4. The molecule has 0 aromatic heterocycles. The number of rotatable bonds is 7. The van der Waals surface area contributed by atoms with E-state index in [1.807, 2.05) is 17.0 Å². The number of hydrogen-bond donors (Lipinski definition) is 1. The first-order chi connectivity index (χ1) is 15.0. The first kappa shape index (κ1) is 22.3. The summed E-state index contributed by atoms with van der Waals surface area (Å²) in [5, 5.41) is 3.02. The third kappa shape index (κ3) is 5.47. The number of benzene rings is 2. The van der Waals surface area contributed by atoms with Crippen LogP contribution in [0.2, 0.25) is 0 Å². The average molecular weight is 531 g/mol. The van der Waals surface area contributed by atoms with Crippen molar-refractivity contribution in [3.05, 3.63) is 68.3 Å². The second-order valence-electron chi connectivity index (χ2n) is 8.65. The Balaban J connectivity index is 1.30. The number of likely N-dealkylation sites (tertiary alicyclic amines) is 1. The third-order valence-electron chi connectivity index (χ3n) is 6.39. The van der Waals surface area contributed by atoms with E-state index in [4.69, 9.17) is 0 Å².